The number of hydrogen-bond donors (Lipinski definition) is 0. The molecule has 0 saturated carbocycles. The Morgan fingerprint density at radius 2 is 2.06 bits per heavy atom. The fourth-order valence-electron chi connectivity index (χ4n) is 2.01. The summed E-state index contributed by atoms with van der Waals surface area (Å²) < 4.78 is 28.6. The van der Waals surface area contributed by atoms with Crippen molar-refractivity contribution >= 4 is 15.9 Å². The quantitative estimate of drug-likeness (QED) is 0.816. The van der Waals surface area contributed by atoms with Crippen LogP contribution in [0, 0.1) is 0 Å². The molecule has 0 bridgehead atoms. The number of benzene rings is 1. The van der Waals surface area contributed by atoms with E-state index < -0.39 is 9.84 Å². The predicted octanol–water partition coefficient (Wildman–Crippen LogP) is 1.56. The number of ether oxygens (including phenoxy) is 1. The van der Waals surface area contributed by atoms with Gasteiger partial charge in [-0.25, -0.2) is 8.42 Å². The number of sulfone groups is 1. The van der Waals surface area contributed by atoms with Gasteiger partial charge in [-0.15, -0.1) is 0 Å². The van der Waals surface area contributed by atoms with Crippen molar-refractivity contribution in [3.8, 4) is 5.75 Å². The highest BCUT2D eigenvalue weighted by Crippen LogP contribution is 2.30. The normalized spacial score (nSPS) is 15.2. The second-order valence-corrected chi connectivity index (χ2v) is 6.53. The van der Waals surface area contributed by atoms with Crippen molar-refractivity contribution in [1.29, 1.82) is 0 Å². The molecule has 0 atom stereocenters. The van der Waals surface area contributed by atoms with Crippen LogP contribution < -0.4 is 4.74 Å². The molecule has 1 aromatic rings. The maximum absolute atomic E-state index is 11.7. The van der Waals surface area contributed by atoms with E-state index in [1.54, 1.807) is 19.2 Å². The second-order valence-electron chi connectivity index (χ2n) is 4.52. The highest BCUT2D eigenvalue weighted by molar-refractivity contribution is 7.90. The molecule has 18 heavy (non-hydrogen) atoms. The molecular weight excluding hydrogens is 250 g/mol. The molecular formula is C13H17NO3S. The van der Waals surface area contributed by atoms with Crippen LogP contribution in [0.5, 0.6) is 5.75 Å². The topological polar surface area (TPSA) is 46.6 Å². The van der Waals surface area contributed by atoms with Gasteiger partial charge in [-0.2, -0.15) is 0 Å². The Morgan fingerprint density at radius 1 is 1.33 bits per heavy atom. The Morgan fingerprint density at radius 3 is 2.67 bits per heavy atom. The summed E-state index contributed by atoms with van der Waals surface area (Å²) in [4.78, 5) is 2.38. The molecule has 1 heterocycles. The molecule has 1 aromatic carbocycles. The summed E-state index contributed by atoms with van der Waals surface area (Å²) in [7, 11) is 0.340. The van der Waals surface area contributed by atoms with Gasteiger partial charge in [0.2, 0.25) is 0 Å². The number of likely N-dealkylation sites (N-methyl/N-ethyl adjacent to an activating group) is 1. The van der Waals surface area contributed by atoms with Crippen LogP contribution in [0.3, 0.4) is 0 Å². The summed E-state index contributed by atoms with van der Waals surface area (Å²) in [6.07, 6.45) is 5.97. The van der Waals surface area contributed by atoms with Gasteiger partial charge in [0.1, 0.15) is 5.75 Å². The molecule has 0 radical (unpaired) electrons. The number of nitrogens with zero attached hydrogens (tertiary/aromatic N) is 1. The van der Waals surface area contributed by atoms with Crippen LogP contribution in [-0.2, 0) is 16.3 Å². The van der Waals surface area contributed by atoms with Crippen molar-refractivity contribution in [2.24, 2.45) is 0 Å². The van der Waals surface area contributed by atoms with Crippen molar-refractivity contribution in [2.75, 3.05) is 27.0 Å². The smallest absolute Gasteiger partial charge is 0.175 e. The van der Waals surface area contributed by atoms with Crippen LogP contribution in [0.15, 0.2) is 23.2 Å². The first-order valence-electron chi connectivity index (χ1n) is 5.71. The number of fused-ring (bicyclic) bond motifs is 1. The summed E-state index contributed by atoms with van der Waals surface area (Å²) in [5, 5.41) is 0. The van der Waals surface area contributed by atoms with Crippen LogP contribution in [0.25, 0.3) is 6.08 Å². The minimum atomic E-state index is -3.21. The van der Waals surface area contributed by atoms with Gasteiger partial charge in [0.05, 0.1) is 12.0 Å². The highest BCUT2D eigenvalue weighted by Gasteiger charge is 2.17. The lowest BCUT2D eigenvalue weighted by Gasteiger charge is -2.12. The maximum atomic E-state index is 11.7. The van der Waals surface area contributed by atoms with Gasteiger partial charge in [-0.05, 0) is 36.4 Å². The minimum absolute atomic E-state index is 0.316. The molecule has 0 unspecified atom stereocenters. The average Bonchev–Trinajstić information content (AvgIpc) is 2.49. The van der Waals surface area contributed by atoms with Crippen LogP contribution in [0.1, 0.15) is 11.1 Å². The first kappa shape index (κ1) is 13.0. The number of methoxy groups -OCH3 is 1. The zero-order valence-corrected chi connectivity index (χ0v) is 11.6. The second kappa shape index (κ2) is 4.65. The Bertz CT molecular complexity index is 590. The standard InChI is InChI=1S/C13H17NO3S/c1-14-6-4-10-8-11(18(3,15)16)9-13(17-2)12(10)5-7-14/h5,7-9H,4,6H2,1-3H3. The molecule has 0 spiro atoms. The monoisotopic (exact) mass is 267 g/mol. The van der Waals surface area contributed by atoms with E-state index >= 15 is 0 Å². The van der Waals surface area contributed by atoms with Crippen molar-refractivity contribution in [2.45, 2.75) is 11.3 Å². The Kier molecular flexibility index (Phi) is 3.34. The fraction of sp³-hybridized carbons (Fsp3) is 0.385. The van der Waals surface area contributed by atoms with E-state index in [0.29, 0.717) is 10.6 Å². The minimum Gasteiger partial charge on any atom is -0.496 e. The number of rotatable bonds is 2. The first-order chi connectivity index (χ1) is 8.41. The molecule has 5 heteroatoms. The van der Waals surface area contributed by atoms with Crippen LogP contribution in [-0.4, -0.2) is 40.3 Å². The van der Waals surface area contributed by atoms with E-state index in [4.69, 9.17) is 4.74 Å². The Balaban J connectivity index is 2.62. The van der Waals surface area contributed by atoms with Gasteiger partial charge in [0, 0.05) is 25.4 Å². The van der Waals surface area contributed by atoms with Gasteiger partial charge in [0.15, 0.2) is 9.84 Å². The van der Waals surface area contributed by atoms with Crippen LogP contribution in [0.2, 0.25) is 0 Å². The molecule has 0 aromatic heterocycles. The van der Waals surface area contributed by atoms with E-state index in [1.807, 2.05) is 19.3 Å². The van der Waals surface area contributed by atoms with E-state index in [0.717, 1.165) is 24.1 Å². The van der Waals surface area contributed by atoms with Crippen molar-refractivity contribution in [3.63, 3.8) is 0 Å². The summed E-state index contributed by atoms with van der Waals surface area (Å²) in [6, 6.07) is 3.33. The van der Waals surface area contributed by atoms with Gasteiger partial charge < -0.3 is 9.64 Å². The molecule has 98 valence electrons. The molecule has 0 amide bonds. The fourth-order valence-corrected chi connectivity index (χ4v) is 2.69. The Hall–Kier alpha value is -1.49. The lowest BCUT2D eigenvalue weighted by atomic mass is 10.0. The molecule has 1 aliphatic heterocycles. The van der Waals surface area contributed by atoms with E-state index in [-0.39, 0.29) is 0 Å². The summed E-state index contributed by atoms with van der Waals surface area (Å²) in [5.41, 5.74) is 1.98. The van der Waals surface area contributed by atoms with Gasteiger partial charge in [-0.3, -0.25) is 0 Å². The van der Waals surface area contributed by atoms with Crippen LogP contribution in [0.4, 0.5) is 0 Å². The van der Waals surface area contributed by atoms with Crippen molar-refractivity contribution in [3.05, 3.63) is 29.5 Å². The molecule has 0 N–H and O–H groups in total. The zero-order valence-electron chi connectivity index (χ0n) is 10.8. The maximum Gasteiger partial charge on any atom is 0.175 e. The SMILES string of the molecule is COc1cc(S(C)(=O)=O)cc2c1C=CN(C)CC2. The Labute approximate surface area is 108 Å². The third-order valence-corrected chi connectivity index (χ3v) is 4.17. The average molecular weight is 267 g/mol. The van der Waals surface area contributed by atoms with E-state index in [2.05, 4.69) is 4.90 Å². The number of hydrogen-bond acceptors (Lipinski definition) is 4. The summed E-state index contributed by atoms with van der Waals surface area (Å²) in [6.45, 7) is 0.861. The van der Waals surface area contributed by atoms with Gasteiger partial charge in [-0.1, -0.05) is 0 Å². The molecule has 0 saturated heterocycles. The summed E-state index contributed by atoms with van der Waals surface area (Å²) in [5.74, 6) is 0.611. The van der Waals surface area contributed by atoms with Gasteiger partial charge in [0.25, 0.3) is 0 Å². The third kappa shape index (κ3) is 2.51. The summed E-state index contributed by atoms with van der Waals surface area (Å²) >= 11 is 0. The lowest BCUT2D eigenvalue weighted by Crippen LogP contribution is -2.12. The largest absolute Gasteiger partial charge is 0.496 e. The molecule has 2 rings (SSSR count). The molecule has 1 aliphatic rings. The van der Waals surface area contributed by atoms with Crippen molar-refractivity contribution in [1.82, 2.24) is 4.90 Å². The molecule has 4 nitrogen and oxygen atoms in total. The third-order valence-electron chi connectivity index (χ3n) is 3.08. The molecule has 0 aliphatic carbocycles. The van der Waals surface area contributed by atoms with E-state index in [1.165, 1.54) is 6.26 Å². The lowest BCUT2D eigenvalue weighted by molar-refractivity contribution is 0.411. The van der Waals surface area contributed by atoms with Crippen molar-refractivity contribution < 1.29 is 13.2 Å². The highest BCUT2D eigenvalue weighted by atomic mass is 32.2. The van der Waals surface area contributed by atoms with Crippen LogP contribution >= 0.6 is 0 Å². The van der Waals surface area contributed by atoms with E-state index in [9.17, 15) is 8.42 Å². The first-order valence-corrected chi connectivity index (χ1v) is 7.60. The molecule has 0 fully saturated rings. The zero-order chi connectivity index (χ0) is 13.3. The van der Waals surface area contributed by atoms with Gasteiger partial charge >= 0.3 is 0 Å². The predicted molar refractivity (Wildman–Crippen MR) is 71.5 cm³/mol.